The molecule has 1 aliphatic heterocycles. The number of carboxylic acids is 1. The highest BCUT2D eigenvalue weighted by atomic mass is 19.4. The van der Waals surface area contributed by atoms with Crippen LogP contribution in [-0.2, 0) is 29.2 Å². The summed E-state index contributed by atoms with van der Waals surface area (Å²) in [5.74, 6) is -0.201. The third kappa shape index (κ3) is 5.94. The van der Waals surface area contributed by atoms with Crippen molar-refractivity contribution in [3.05, 3.63) is 17.7 Å². The van der Waals surface area contributed by atoms with Crippen LogP contribution in [0.4, 0.5) is 13.2 Å². The summed E-state index contributed by atoms with van der Waals surface area (Å²) in [6, 6.07) is 0. The fourth-order valence-electron chi connectivity index (χ4n) is 3.64. The fourth-order valence-corrected chi connectivity index (χ4v) is 3.64. The second-order valence-electron chi connectivity index (χ2n) is 8.02. The molecule has 1 amide bonds. The second kappa shape index (κ2) is 9.15. The molecule has 10 heteroatoms. The Bertz CT molecular complexity index is 727. The standard InChI is InChI=1S/C17H26N4O.C2HF3O2/c22-17(14-5-2-6-14)18-9-15-11-21-8-7-20(12-16(21)19-15)10-13-3-1-4-13;3-2(4,5)1(6)7/h11,13-14H,1-10,12H2,(H,18,22);(H,6,7). The summed E-state index contributed by atoms with van der Waals surface area (Å²) in [5, 5.41) is 10.2. The zero-order valence-corrected chi connectivity index (χ0v) is 16.2. The number of carbonyl (C=O) groups is 2. The van der Waals surface area contributed by atoms with Gasteiger partial charge in [-0.15, -0.1) is 0 Å². The predicted octanol–water partition coefficient (Wildman–Crippen LogP) is 2.55. The Balaban J connectivity index is 0.000000298. The molecule has 4 rings (SSSR count). The Hall–Kier alpha value is -2.10. The van der Waals surface area contributed by atoms with Crippen molar-refractivity contribution in [1.29, 1.82) is 0 Å². The van der Waals surface area contributed by atoms with Gasteiger partial charge in [0.1, 0.15) is 5.82 Å². The van der Waals surface area contributed by atoms with Crippen LogP contribution in [0.1, 0.15) is 50.0 Å². The van der Waals surface area contributed by atoms with E-state index in [1.54, 1.807) is 0 Å². The summed E-state index contributed by atoms with van der Waals surface area (Å²) >= 11 is 0. The lowest BCUT2D eigenvalue weighted by molar-refractivity contribution is -0.192. The number of halogens is 3. The van der Waals surface area contributed by atoms with Crippen molar-refractivity contribution in [2.24, 2.45) is 11.8 Å². The van der Waals surface area contributed by atoms with E-state index in [9.17, 15) is 18.0 Å². The number of carboxylic acid groups (broad SMARTS) is 1. The molecule has 0 aromatic carbocycles. The molecular weight excluding hydrogens is 389 g/mol. The number of amides is 1. The van der Waals surface area contributed by atoms with Gasteiger partial charge >= 0.3 is 12.1 Å². The highest BCUT2D eigenvalue weighted by molar-refractivity contribution is 5.79. The van der Waals surface area contributed by atoms with Gasteiger partial charge in [-0.2, -0.15) is 13.2 Å². The first-order valence-corrected chi connectivity index (χ1v) is 10.1. The molecule has 0 bridgehead atoms. The SMILES string of the molecule is O=C(NCc1cn2c(n1)CN(CC1CCC1)CC2)C1CCC1.O=C(O)C(F)(F)F. The van der Waals surface area contributed by atoms with E-state index in [1.165, 1.54) is 38.1 Å². The lowest BCUT2D eigenvalue weighted by Crippen LogP contribution is -2.38. The lowest BCUT2D eigenvalue weighted by atomic mass is 9.85. The third-order valence-electron chi connectivity index (χ3n) is 5.83. The van der Waals surface area contributed by atoms with Gasteiger partial charge in [0.05, 0.1) is 18.8 Å². The van der Waals surface area contributed by atoms with Gasteiger partial charge in [-0.1, -0.05) is 12.8 Å². The monoisotopic (exact) mass is 416 g/mol. The first-order chi connectivity index (χ1) is 13.7. The number of carbonyl (C=O) groups excluding carboxylic acids is 1. The molecule has 0 unspecified atom stereocenters. The molecule has 0 radical (unpaired) electrons. The average molecular weight is 416 g/mol. The highest BCUT2D eigenvalue weighted by Gasteiger charge is 2.38. The number of nitrogens with zero attached hydrogens (tertiary/aromatic N) is 3. The Morgan fingerprint density at radius 3 is 2.34 bits per heavy atom. The number of hydrogen-bond acceptors (Lipinski definition) is 4. The Morgan fingerprint density at radius 1 is 1.17 bits per heavy atom. The smallest absolute Gasteiger partial charge is 0.475 e. The summed E-state index contributed by atoms with van der Waals surface area (Å²) in [6.07, 6.45) is 4.58. The van der Waals surface area contributed by atoms with Crippen LogP contribution in [0.5, 0.6) is 0 Å². The molecule has 1 aromatic rings. The van der Waals surface area contributed by atoms with Crippen molar-refractivity contribution in [3.8, 4) is 0 Å². The van der Waals surface area contributed by atoms with Gasteiger partial charge < -0.3 is 15.0 Å². The van der Waals surface area contributed by atoms with Crippen LogP contribution >= 0.6 is 0 Å². The minimum absolute atomic E-state index is 0.212. The van der Waals surface area contributed by atoms with Crippen LogP contribution in [0.3, 0.4) is 0 Å². The first-order valence-electron chi connectivity index (χ1n) is 10.1. The normalized spacial score (nSPS) is 20.0. The summed E-state index contributed by atoms with van der Waals surface area (Å²) < 4.78 is 34.0. The topological polar surface area (TPSA) is 87.5 Å². The zero-order valence-electron chi connectivity index (χ0n) is 16.2. The number of rotatable bonds is 5. The van der Waals surface area contributed by atoms with E-state index in [2.05, 4.69) is 21.0 Å². The Labute approximate surface area is 167 Å². The Kier molecular flexibility index (Phi) is 6.81. The zero-order chi connectivity index (χ0) is 21.0. The molecule has 2 fully saturated rings. The van der Waals surface area contributed by atoms with Crippen LogP contribution in [0.2, 0.25) is 0 Å². The minimum Gasteiger partial charge on any atom is -0.475 e. The van der Waals surface area contributed by atoms with Crippen LogP contribution < -0.4 is 5.32 Å². The van der Waals surface area contributed by atoms with Crippen molar-refractivity contribution in [2.75, 3.05) is 13.1 Å². The van der Waals surface area contributed by atoms with Gasteiger partial charge in [0.2, 0.25) is 5.91 Å². The predicted molar refractivity (Wildman–Crippen MR) is 97.7 cm³/mol. The highest BCUT2D eigenvalue weighted by Crippen LogP contribution is 2.28. The Morgan fingerprint density at radius 2 is 1.83 bits per heavy atom. The third-order valence-corrected chi connectivity index (χ3v) is 5.83. The van der Waals surface area contributed by atoms with Gasteiger partial charge in [-0.3, -0.25) is 9.69 Å². The first kappa shape index (κ1) is 21.6. The van der Waals surface area contributed by atoms with E-state index < -0.39 is 12.1 Å². The van der Waals surface area contributed by atoms with Gasteiger partial charge in [0.15, 0.2) is 0 Å². The molecule has 3 aliphatic rings. The van der Waals surface area contributed by atoms with Crippen LogP contribution in [-0.4, -0.2) is 50.7 Å². The second-order valence-corrected chi connectivity index (χ2v) is 8.02. The van der Waals surface area contributed by atoms with E-state index in [4.69, 9.17) is 14.9 Å². The molecule has 0 saturated heterocycles. The number of fused-ring (bicyclic) bond motifs is 1. The van der Waals surface area contributed by atoms with Gasteiger partial charge in [-0.05, 0) is 31.6 Å². The van der Waals surface area contributed by atoms with Gasteiger partial charge in [0, 0.05) is 31.7 Å². The molecule has 0 spiro atoms. The molecule has 0 atom stereocenters. The number of alkyl halides is 3. The van der Waals surface area contributed by atoms with Crippen molar-refractivity contribution in [1.82, 2.24) is 19.8 Å². The number of imidazole rings is 1. The van der Waals surface area contributed by atoms with E-state index >= 15 is 0 Å². The van der Waals surface area contributed by atoms with Crippen molar-refractivity contribution >= 4 is 11.9 Å². The quantitative estimate of drug-likeness (QED) is 0.770. The molecule has 2 aliphatic carbocycles. The molecule has 162 valence electrons. The van der Waals surface area contributed by atoms with Gasteiger partial charge in [-0.25, -0.2) is 9.78 Å². The molecule has 2 saturated carbocycles. The van der Waals surface area contributed by atoms with E-state index in [1.807, 2.05) is 0 Å². The summed E-state index contributed by atoms with van der Waals surface area (Å²) in [6.45, 7) is 4.95. The van der Waals surface area contributed by atoms with Crippen molar-refractivity contribution in [2.45, 2.75) is 64.3 Å². The average Bonchev–Trinajstić information content (AvgIpc) is 2.96. The van der Waals surface area contributed by atoms with Crippen LogP contribution in [0.15, 0.2) is 6.20 Å². The molecule has 7 nitrogen and oxygen atoms in total. The van der Waals surface area contributed by atoms with E-state index in [-0.39, 0.29) is 11.8 Å². The lowest BCUT2D eigenvalue weighted by Gasteiger charge is -2.34. The van der Waals surface area contributed by atoms with Crippen molar-refractivity contribution < 1.29 is 27.9 Å². The maximum Gasteiger partial charge on any atom is 0.490 e. The number of hydrogen-bond donors (Lipinski definition) is 2. The summed E-state index contributed by atoms with van der Waals surface area (Å²) in [5.41, 5.74) is 1.01. The number of nitrogens with one attached hydrogen (secondary N) is 1. The molecule has 29 heavy (non-hydrogen) atoms. The fraction of sp³-hybridized carbons (Fsp3) is 0.737. The molecular formula is C19H27F3N4O3. The molecule has 1 aromatic heterocycles. The summed E-state index contributed by atoms with van der Waals surface area (Å²) in [4.78, 5) is 28.1. The van der Waals surface area contributed by atoms with Crippen molar-refractivity contribution in [3.63, 3.8) is 0 Å². The molecule has 2 heterocycles. The number of aliphatic carboxylic acids is 1. The summed E-state index contributed by atoms with van der Waals surface area (Å²) in [7, 11) is 0. The van der Waals surface area contributed by atoms with Crippen LogP contribution in [0.25, 0.3) is 0 Å². The van der Waals surface area contributed by atoms with E-state index in [0.717, 1.165) is 44.1 Å². The molecule has 2 N–H and O–H groups in total. The van der Waals surface area contributed by atoms with Crippen LogP contribution in [0, 0.1) is 11.8 Å². The maximum atomic E-state index is 11.9. The van der Waals surface area contributed by atoms with Gasteiger partial charge in [0.25, 0.3) is 0 Å². The maximum absolute atomic E-state index is 11.9. The largest absolute Gasteiger partial charge is 0.490 e. The van der Waals surface area contributed by atoms with E-state index in [0.29, 0.717) is 6.54 Å². The number of aromatic nitrogens is 2. The minimum atomic E-state index is -5.08.